The van der Waals surface area contributed by atoms with Crippen LogP contribution in [0.3, 0.4) is 0 Å². The van der Waals surface area contributed by atoms with E-state index < -0.39 is 29.4 Å². The highest BCUT2D eigenvalue weighted by Crippen LogP contribution is 2.37. The molecule has 0 aromatic carbocycles. The summed E-state index contributed by atoms with van der Waals surface area (Å²) in [6.45, 7) is 8.94. The molecule has 1 aliphatic rings. The van der Waals surface area contributed by atoms with Crippen LogP contribution in [0.1, 0.15) is 46.5 Å². The van der Waals surface area contributed by atoms with Crippen LogP contribution < -0.4 is 0 Å². The van der Waals surface area contributed by atoms with Crippen molar-refractivity contribution in [3.63, 3.8) is 0 Å². The molecule has 1 aliphatic heterocycles. The number of rotatable bonds is 10. The molecule has 0 aromatic rings. The quantitative estimate of drug-likeness (QED) is 0.262. The average Bonchev–Trinajstić information content (AvgIpc) is 2.63. The van der Waals surface area contributed by atoms with Crippen molar-refractivity contribution in [2.45, 2.75) is 52.1 Å². The Hall–Kier alpha value is -2.25. The molecule has 0 radical (unpaired) electrons. The molecule has 1 heterocycles. The monoisotopic (exact) mass is 394 g/mol. The van der Waals surface area contributed by atoms with Gasteiger partial charge in [-0.2, -0.15) is 0 Å². The lowest BCUT2D eigenvalue weighted by molar-refractivity contribution is -0.297. The Labute approximate surface area is 166 Å². The third-order valence-corrected chi connectivity index (χ3v) is 4.64. The summed E-state index contributed by atoms with van der Waals surface area (Å²) in [4.78, 5) is 39.9. The Balaban J connectivity index is 3.08. The van der Waals surface area contributed by atoms with E-state index in [0.717, 1.165) is 5.57 Å². The summed E-state index contributed by atoms with van der Waals surface area (Å²) in [5.74, 6) is -1.91. The van der Waals surface area contributed by atoms with Gasteiger partial charge < -0.3 is 14.3 Å². The van der Waals surface area contributed by atoms with Crippen molar-refractivity contribution in [3.8, 4) is 0 Å². The van der Waals surface area contributed by atoms with Gasteiger partial charge in [0, 0.05) is 12.3 Å². The number of allylic oxidation sites excluding steroid dienone is 2. The van der Waals surface area contributed by atoms with Crippen LogP contribution in [0.5, 0.6) is 0 Å². The first-order valence-electron chi connectivity index (χ1n) is 9.22. The van der Waals surface area contributed by atoms with Crippen LogP contribution in [0.25, 0.3) is 0 Å². The zero-order chi connectivity index (χ0) is 21.3. The van der Waals surface area contributed by atoms with Gasteiger partial charge in [-0.25, -0.2) is 4.89 Å². The van der Waals surface area contributed by atoms with Crippen LogP contribution in [-0.4, -0.2) is 42.3 Å². The lowest BCUT2D eigenvalue weighted by atomic mass is 9.76. The predicted molar refractivity (Wildman–Crippen MR) is 103 cm³/mol. The van der Waals surface area contributed by atoms with Crippen LogP contribution in [0.2, 0.25) is 0 Å². The normalized spacial score (nSPS) is 21.6. The van der Waals surface area contributed by atoms with Gasteiger partial charge in [0.05, 0.1) is 19.4 Å². The number of esters is 2. The number of ketones is 1. The number of Topliss-reactive ketones (excluding diaryl/α,β-unsaturated/α-hetero) is 1. The minimum atomic E-state index is -0.879. The molecule has 1 fully saturated rings. The summed E-state index contributed by atoms with van der Waals surface area (Å²) in [6, 6.07) is 0. The van der Waals surface area contributed by atoms with Crippen molar-refractivity contribution >= 4 is 17.7 Å². The molecule has 7 nitrogen and oxygen atoms in total. The first kappa shape index (κ1) is 23.8. The van der Waals surface area contributed by atoms with Gasteiger partial charge in [-0.3, -0.25) is 14.8 Å². The number of ether oxygens (including phenoxy) is 2. The average molecular weight is 394 g/mol. The fourth-order valence-electron chi connectivity index (χ4n) is 3.02. The Kier molecular flexibility index (Phi) is 9.28. The third-order valence-electron chi connectivity index (χ3n) is 4.64. The van der Waals surface area contributed by atoms with Crippen molar-refractivity contribution < 1.29 is 34.0 Å². The number of hydrogen-bond donors (Lipinski definition) is 1. The van der Waals surface area contributed by atoms with Gasteiger partial charge in [0.2, 0.25) is 0 Å². The highest BCUT2D eigenvalue weighted by atomic mass is 17.1. The number of hydrogen-bond acceptors (Lipinski definition) is 7. The van der Waals surface area contributed by atoms with E-state index in [0.29, 0.717) is 24.8 Å². The van der Waals surface area contributed by atoms with Gasteiger partial charge in [0.15, 0.2) is 0 Å². The highest BCUT2D eigenvalue weighted by Gasteiger charge is 2.39. The zero-order valence-corrected chi connectivity index (χ0v) is 17.0. The summed E-state index contributed by atoms with van der Waals surface area (Å²) in [7, 11) is 1.30. The summed E-state index contributed by atoms with van der Waals surface area (Å²) in [6.07, 6.45) is 6.57. The molecule has 0 unspecified atom stereocenters. The highest BCUT2D eigenvalue weighted by molar-refractivity contribution is 5.80. The minimum Gasteiger partial charge on any atom is -0.469 e. The molecule has 1 N–H and O–H groups in total. The molecule has 0 saturated carbocycles. The molecular weight excluding hydrogens is 364 g/mol. The number of cyclic esters (lactones) is 1. The van der Waals surface area contributed by atoms with E-state index in [1.54, 1.807) is 32.1 Å². The van der Waals surface area contributed by atoms with Gasteiger partial charge in [0.25, 0.3) is 0 Å². The van der Waals surface area contributed by atoms with Crippen LogP contribution in [-0.2, 0) is 28.7 Å². The molecular formula is C21H30O7. The second-order valence-corrected chi connectivity index (χ2v) is 7.48. The molecule has 0 aliphatic carbocycles. The summed E-state index contributed by atoms with van der Waals surface area (Å²) in [5.41, 5.74) is 0.497. The van der Waals surface area contributed by atoms with Gasteiger partial charge in [-0.15, -0.1) is 0 Å². The van der Waals surface area contributed by atoms with E-state index in [-0.39, 0.29) is 18.8 Å². The maximum Gasteiger partial charge on any atom is 0.314 e. The molecule has 0 spiro atoms. The maximum absolute atomic E-state index is 12.4. The Bertz CT molecular complexity index is 658. The van der Waals surface area contributed by atoms with Crippen LogP contribution in [0.15, 0.2) is 36.0 Å². The third kappa shape index (κ3) is 7.40. The Morgan fingerprint density at radius 3 is 2.61 bits per heavy atom. The minimum absolute atomic E-state index is 0.0154. The fourth-order valence-corrected chi connectivity index (χ4v) is 3.02. The summed E-state index contributed by atoms with van der Waals surface area (Å²) in [5, 5.41) is 8.87. The van der Waals surface area contributed by atoms with E-state index in [1.807, 2.05) is 0 Å². The molecule has 1 saturated heterocycles. The molecule has 0 amide bonds. The lowest BCUT2D eigenvalue weighted by Gasteiger charge is -2.33. The first-order chi connectivity index (χ1) is 13.1. The SMILES string of the molecule is C=C(CCCC(C)=O)[C@@H]1C(=O)OCC(=C/C=C/C(C)(C)OO)[C@@H]1CC(=O)OC. The molecule has 0 bridgehead atoms. The molecule has 156 valence electrons. The van der Waals surface area contributed by atoms with Gasteiger partial charge in [-0.1, -0.05) is 30.4 Å². The predicted octanol–water partition coefficient (Wildman–Crippen LogP) is 3.41. The molecule has 1 rings (SSSR count). The smallest absolute Gasteiger partial charge is 0.314 e. The second-order valence-electron chi connectivity index (χ2n) is 7.48. The number of methoxy groups -OCH3 is 1. The zero-order valence-electron chi connectivity index (χ0n) is 17.0. The van der Waals surface area contributed by atoms with E-state index in [2.05, 4.69) is 11.5 Å². The standard InChI is InChI=1S/C21H30O7/c1-14(8-6-9-15(2)22)19-17(12-18(23)26-5)16(13-27-20(19)24)10-7-11-21(3,4)28-25/h7,10-11,17,19,25H,1,6,8-9,12-13H2,2-5H3/b11-7+,16-10?/t17-,19-/m0/s1. The van der Waals surface area contributed by atoms with Crippen LogP contribution in [0.4, 0.5) is 0 Å². The van der Waals surface area contributed by atoms with E-state index in [1.165, 1.54) is 14.0 Å². The number of carbonyl (C=O) groups is 3. The van der Waals surface area contributed by atoms with Crippen LogP contribution in [0, 0.1) is 11.8 Å². The molecule has 0 aromatic heterocycles. The van der Waals surface area contributed by atoms with Crippen molar-refractivity contribution in [2.75, 3.05) is 13.7 Å². The van der Waals surface area contributed by atoms with Gasteiger partial charge in [-0.05, 0) is 39.2 Å². The van der Waals surface area contributed by atoms with Gasteiger partial charge in [0.1, 0.15) is 18.0 Å². The molecule has 28 heavy (non-hydrogen) atoms. The first-order valence-corrected chi connectivity index (χ1v) is 9.22. The van der Waals surface area contributed by atoms with E-state index in [4.69, 9.17) is 14.7 Å². The maximum atomic E-state index is 12.4. The van der Waals surface area contributed by atoms with E-state index in [9.17, 15) is 14.4 Å². The van der Waals surface area contributed by atoms with Crippen molar-refractivity contribution in [1.82, 2.24) is 0 Å². The largest absolute Gasteiger partial charge is 0.469 e. The summed E-state index contributed by atoms with van der Waals surface area (Å²) < 4.78 is 10.1. The summed E-state index contributed by atoms with van der Waals surface area (Å²) >= 11 is 0. The van der Waals surface area contributed by atoms with Crippen molar-refractivity contribution in [2.24, 2.45) is 11.8 Å². The van der Waals surface area contributed by atoms with Crippen LogP contribution >= 0.6 is 0 Å². The second kappa shape index (κ2) is 10.9. The van der Waals surface area contributed by atoms with Crippen molar-refractivity contribution in [3.05, 3.63) is 36.0 Å². The topological polar surface area (TPSA) is 99.1 Å². The lowest BCUT2D eigenvalue weighted by Crippen LogP contribution is -2.37. The van der Waals surface area contributed by atoms with Gasteiger partial charge >= 0.3 is 11.9 Å². The van der Waals surface area contributed by atoms with E-state index >= 15 is 0 Å². The Morgan fingerprint density at radius 1 is 1.36 bits per heavy atom. The number of carbonyl (C=O) groups excluding carboxylic acids is 3. The molecule has 2 atom stereocenters. The van der Waals surface area contributed by atoms with Crippen molar-refractivity contribution in [1.29, 1.82) is 0 Å². The Morgan fingerprint density at radius 2 is 2.04 bits per heavy atom. The molecule has 7 heteroatoms. The fraction of sp³-hybridized carbons (Fsp3) is 0.571.